The van der Waals surface area contributed by atoms with E-state index in [1.807, 2.05) is 19.1 Å². The lowest BCUT2D eigenvalue weighted by Gasteiger charge is -2.09. The van der Waals surface area contributed by atoms with Crippen LogP contribution in [0.25, 0.3) is 0 Å². The van der Waals surface area contributed by atoms with Gasteiger partial charge in [-0.3, -0.25) is 0 Å². The standard InChI is InChI=1S/C11H13N3S2/c1-7(9-3-5-10(12)6-4-9)15-11-13-8(2)14-16-11/h3-7H,12H2,1-2H3. The fourth-order valence-electron chi connectivity index (χ4n) is 1.31. The number of nitrogens with two attached hydrogens (primary N) is 1. The fraction of sp³-hybridized carbons (Fsp3) is 0.273. The number of hydrogen-bond acceptors (Lipinski definition) is 5. The zero-order valence-corrected chi connectivity index (χ0v) is 10.8. The van der Waals surface area contributed by atoms with E-state index < -0.39 is 0 Å². The molecule has 0 aliphatic heterocycles. The molecule has 5 heteroatoms. The molecule has 0 radical (unpaired) electrons. The van der Waals surface area contributed by atoms with Crippen LogP contribution in [0, 0.1) is 6.92 Å². The van der Waals surface area contributed by atoms with E-state index in [1.54, 1.807) is 11.8 Å². The number of thioether (sulfide) groups is 1. The van der Waals surface area contributed by atoms with Gasteiger partial charge in [-0.05, 0) is 43.1 Å². The number of rotatable bonds is 3. The van der Waals surface area contributed by atoms with Gasteiger partial charge in [-0.25, -0.2) is 4.98 Å². The Hall–Kier alpha value is -1.07. The normalized spacial score (nSPS) is 12.6. The number of aromatic nitrogens is 2. The summed E-state index contributed by atoms with van der Waals surface area (Å²) in [6.07, 6.45) is 0. The molecule has 0 bridgehead atoms. The van der Waals surface area contributed by atoms with Gasteiger partial charge in [-0.1, -0.05) is 23.9 Å². The maximum atomic E-state index is 5.66. The van der Waals surface area contributed by atoms with Crippen LogP contribution in [0.5, 0.6) is 0 Å². The Balaban J connectivity index is 2.08. The lowest BCUT2D eigenvalue weighted by Crippen LogP contribution is -1.90. The Morgan fingerprint density at radius 1 is 1.31 bits per heavy atom. The van der Waals surface area contributed by atoms with Crippen LogP contribution in [0.3, 0.4) is 0 Å². The van der Waals surface area contributed by atoms with Gasteiger partial charge in [0.2, 0.25) is 0 Å². The van der Waals surface area contributed by atoms with Crippen molar-refractivity contribution in [1.29, 1.82) is 0 Å². The summed E-state index contributed by atoms with van der Waals surface area (Å²) >= 11 is 3.18. The van der Waals surface area contributed by atoms with Gasteiger partial charge in [0, 0.05) is 10.9 Å². The summed E-state index contributed by atoms with van der Waals surface area (Å²) in [5.74, 6) is 0.844. The second kappa shape index (κ2) is 4.84. The Bertz CT molecular complexity index is 464. The molecule has 0 fully saturated rings. The van der Waals surface area contributed by atoms with Gasteiger partial charge in [0.05, 0.1) is 0 Å². The maximum absolute atomic E-state index is 5.66. The third kappa shape index (κ3) is 2.74. The number of anilines is 1. The largest absolute Gasteiger partial charge is 0.399 e. The molecule has 16 heavy (non-hydrogen) atoms. The number of benzene rings is 1. The molecule has 2 aromatic rings. The lowest BCUT2D eigenvalue weighted by atomic mass is 10.1. The second-order valence-corrected chi connectivity index (χ2v) is 5.87. The number of hydrogen-bond donors (Lipinski definition) is 1. The van der Waals surface area contributed by atoms with Gasteiger partial charge in [0.1, 0.15) is 5.82 Å². The lowest BCUT2D eigenvalue weighted by molar-refractivity contribution is 1.07. The van der Waals surface area contributed by atoms with Gasteiger partial charge in [-0.2, -0.15) is 4.37 Å². The van der Waals surface area contributed by atoms with Crippen LogP contribution in [0.1, 0.15) is 23.6 Å². The van der Waals surface area contributed by atoms with E-state index in [0.717, 1.165) is 15.9 Å². The van der Waals surface area contributed by atoms with Crippen molar-refractivity contribution in [3.05, 3.63) is 35.7 Å². The Labute approximate surface area is 103 Å². The van der Waals surface area contributed by atoms with Crippen molar-refractivity contribution in [1.82, 2.24) is 9.36 Å². The summed E-state index contributed by atoms with van der Waals surface area (Å²) in [5, 5.41) is 0.368. The van der Waals surface area contributed by atoms with E-state index >= 15 is 0 Å². The van der Waals surface area contributed by atoms with Crippen molar-refractivity contribution in [3.63, 3.8) is 0 Å². The average Bonchev–Trinajstić information content (AvgIpc) is 2.65. The SMILES string of the molecule is Cc1nsc(SC(C)c2ccc(N)cc2)n1. The molecule has 0 amide bonds. The minimum atomic E-state index is 0.368. The monoisotopic (exact) mass is 251 g/mol. The van der Waals surface area contributed by atoms with E-state index in [1.165, 1.54) is 17.1 Å². The van der Waals surface area contributed by atoms with Crippen molar-refractivity contribution < 1.29 is 0 Å². The molecule has 1 heterocycles. The Kier molecular flexibility index (Phi) is 3.46. The van der Waals surface area contributed by atoms with Crippen LogP contribution >= 0.6 is 23.3 Å². The van der Waals surface area contributed by atoms with E-state index in [-0.39, 0.29) is 0 Å². The van der Waals surface area contributed by atoms with Crippen LogP contribution in [-0.2, 0) is 0 Å². The predicted octanol–water partition coefficient (Wildman–Crippen LogP) is 3.28. The van der Waals surface area contributed by atoms with Crippen molar-refractivity contribution in [2.24, 2.45) is 0 Å². The van der Waals surface area contributed by atoms with Crippen molar-refractivity contribution >= 4 is 29.0 Å². The summed E-state index contributed by atoms with van der Waals surface area (Å²) in [6.45, 7) is 4.07. The third-order valence-electron chi connectivity index (χ3n) is 2.19. The van der Waals surface area contributed by atoms with Gasteiger partial charge in [-0.15, -0.1) is 0 Å². The molecule has 1 aromatic carbocycles. The minimum Gasteiger partial charge on any atom is -0.399 e. The minimum absolute atomic E-state index is 0.368. The molecule has 0 spiro atoms. The van der Waals surface area contributed by atoms with Crippen molar-refractivity contribution in [3.8, 4) is 0 Å². The zero-order chi connectivity index (χ0) is 11.5. The molecular formula is C11H13N3S2. The third-order valence-corrected chi connectivity index (χ3v) is 4.23. The van der Waals surface area contributed by atoms with Crippen LogP contribution in [0.4, 0.5) is 5.69 Å². The zero-order valence-electron chi connectivity index (χ0n) is 9.18. The summed E-state index contributed by atoms with van der Waals surface area (Å²) in [6, 6.07) is 7.97. The molecule has 0 saturated heterocycles. The van der Waals surface area contributed by atoms with Gasteiger partial charge in [0.25, 0.3) is 0 Å². The summed E-state index contributed by atoms with van der Waals surface area (Å²) in [7, 11) is 0. The first-order chi connectivity index (χ1) is 7.65. The first-order valence-corrected chi connectivity index (χ1v) is 6.63. The highest BCUT2D eigenvalue weighted by atomic mass is 32.2. The van der Waals surface area contributed by atoms with E-state index in [2.05, 4.69) is 28.4 Å². The predicted molar refractivity (Wildman–Crippen MR) is 69.8 cm³/mol. The van der Waals surface area contributed by atoms with Crippen LogP contribution in [0.15, 0.2) is 28.6 Å². The highest BCUT2D eigenvalue weighted by Crippen LogP contribution is 2.35. The van der Waals surface area contributed by atoms with Crippen LogP contribution in [-0.4, -0.2) is 9.36 Å². The van der Waals surface area contributed by atoms with Gasteiger partial charge in [0.15, 0.2) is 4.34 Å². The van der Waals surface area contributed by atoms with E-state index in [4.69, 9.17) is 5.73 Å². The summed E-state index contributed by atoms with van der Waals surface area (Å²) < 4.78 is 5.18. The van der Waals surface area contributed by atoms with Crippen LogP contribution in [0.2, 0.25) is 0 Å². The molecule has 84 valence electrons. The van der Waals surface area contributed by atoms with Crippen molar-refractivity contribution in [2.45, 2.75) is 23.4 Å². The smallest absolute Gasteiger partial charge is 0.170 e. The van der Waals surface area contributed by atoms with Gasteiger partial charge >= 0.3 is 0 Å². The average molecular weight is 251 g/mol. The fourth-order valence-corrected chi connectivity index (χ4v) is 3.23. The van der Waals surface area contributed by atoms with E-state index in [9.17, 15) is 0 Å². The molecular weight excluding hydrogens is 238 g/mol. The highest BCUT2D eigenvalue weighted by molar-refractivity contribution is 8.01. The molecule has 1 aromatic heterocycles. The quantitative estimate of drug-likeness (QED) is 0.672. The van der Waals surface area contributed by atoms with Gasteiger partial charge < -0.3 is 5.73 Å². The molecule has 0 aliphatic rings. The van der Waals surface area contributed by atoms with E-state index in [0.29, 0.717) is 5.25 Å². The maximum Gasteiger partial charge on any atom is 0.170 e. The summed E-state index contributed by atoms with van der Waals surface area (Å²) in [5.41, 5.74) is 7.71. The number of aryl methyl sites for hydroxylation is 1. The second-order valence-electron chi connectivity index (χ2n) is 3.53. The van der Waals surface area contributed by atoms with Crippen molar-refractivity contribution in [2.75, 3.05) is 5.73 Å². The molecule has 0 saturated carbocycles. The molecule has 1 atom stereocenters. The Morgan fingerprint density at radius 3 is 2.56 bits per heavy atom. The number of nitrogens with zero attached hydrogens (tertiary/aromatic N) is 2. The molecule has 2 N–H and O–H groups in total. The highest BCUT2D eigenvalue weighted by Gasteiger charge is 2.10. The molecule has 0 aliphatic carbocycles. The van der Waals surface area contributed by atoms with Crippen LogP contribution < -0.4 is 5.73 Å². The Morgan fingerprint density at radius 2 is 2.00 bits per heavy atom. The molecule has 3 nitrogen and oxygen atoms in total. The number of nitrogen functional groups attached to an aromatic ring is 1. The molecule has 1 unspecified atom stereocenters. The summed E-state index contributed by atoms with van der Waals surface area (Å²) in [4.78, 5) is 4.34. The first kappa shape index (κ1) is 11.4. The first-order valence-electron chi connectivity index (χ1n) is 4.97. The topological polar surface area (TPSA) is 51.8 Å². The molecule has 2 rings (SSSR count).